The summed E-state index contributed by atoms with van der Waals surface area (Å²) < 4.78 is 5.18. The molecule has 46 heavy (non-hydrogen) atoms. The van der Waals surface area contributed by atoms with Crippen molar-refractivity contribution < 1.29 is 0 Å². The SMILES string of the molecule is c1ccc(N(c2ccccc2)c2ccc3c(c2)sc2c(N(c4ccccc4)c4ccc5sc6ccccc6c5c4)cccc23)cc1. The van der Waals surface area contributed by atoms with E-state index in [0.717, 1.165) is 28.4 Å². The van der Waals surface area contributed by atoms with Gasteiger partial charge in [-0.2, -0.15) is 0 Å². The van der Waals surface area contributed by atoms with Crippen LogP contribution in [0.1, 0.15) is 0 Å². The van der Waals surface area contributed by atoms with Crippen LogP contribution in [0.25, 0.3) is 40.3 Å². The van der Waals surface area contributed by atoms with Gasteiger partial charge in [-0.1, -0.05) is 91.0 Å². The summed E-state index contributed by atoms with van der Waals surface area (Å²) in [5, 5.41) is 5.16. The lowest BCUT2D eigenvalue weighted by Gasteiger charge is -2.26. The van der Waals surface area contributed by atoms with E-state index in [-0.39, 0.29) is 0 Å². The first-order valence-electron chi connectivity index (χ1n) is 15.4. The summed E-state index contributed by atoms with van der Waals surface area (Å²) in [6.07, 6.45) is 0. The van der Waals surface area contributed by atoms with E-state index >= 15 is 0 Å². The van der Waals surface area contributed by atoms with Crippen molar-refractivity contribution in [3.8, 4) is 0 Å². The molecule has 0 amide bonds. The van der Waals surface area contributed by atoms with Gasteiger partial charge in [-0.15, -0.1) is 22.7 Å². The molecule has 0 saturated carbocycles. The van der Waals surface area contributed by atoms with Gasteiger partial charge < -0.3 is 9.80 Å². The Morgan fingerprint density at radius 2 is 0.848 bits per heavy atom. The molecule has 0 spiro atoms. The monoisotopic (exact) mass is 624 g/mol. The average molecular weight is 625 g/mol. The Kier molecular flexibility index (Phi) is 6.55. The van der Waals surface area contributed by atoms with Crippen LogP contribution in [0.3, 0.4) is 0 Å². The molecule has 7 aromatic carbocycles. The molecule has 9 aromatic rings. The fourth-order valence-electron chi connectivity index (χ4n) is 6.55. The van der Waals surface area contributed by atoms with Gasteiger partial charge in [0.05, 0.1) is 10.4 Å². The van der Waals surface area contributed by atoms with E-state index in [0.29, 0.717) is 0 Å². The molecular weight excluding hydrogens is 597 g/mol. The molecule has 0 N–H and O–H groups in total. The fraction of sp³-hybridized carbons (Fsp3) is 0. The predicted molar refractivity (Wildman–Crippen MR) is 202 cm³/mol. The van der Waals surface area contributed by atoms with Crippen molar-refractivity contribution >= 4 is 97.1 Å². The van der Waals surface area contributed by atoms with Gasteiger partial charge in [0.2, 0.25) is 0 Å². The first-order valence-corrected chi connectivity index (χ1v) is 17.1. The van der Waals surface area contributed by atoms with Crippen LogP contribution in [0.15, 0.2) is 170 Å². The molecule has 0 saturated heterocycles. The largest absolute Gasteiger partial charge is 0.310 e. The number of hydrogen-bond acceptors (Lipinski definition) is 4. The number of fused-ring (bicyclic) bond motifs is 6. The molecule has 9 rings (SSSR count). The minimum absolute atomic E-state index is 1.14. The van der Waals surface area contributed by atoms with Gasteiger partial charge in [-0.3, -0.25) is 0 Å². The number of nitrogens with zero attached hydrogens (tertiary/aromatic N) is 2. The second-order valence-corrected chi connectivity index (χ2v) is 13.5. The lowest BCUT2D eigenvalue weighted by atomic mass is 10.1. The number of benzene rings is 7. The highest BCUT2D eigenvalue weighted by Gasteiger charge is 2.20. The van der Waals surface area contributed by atoms with Gasteiger partial charge in [-0.25, -0.2) is 0 Å². The zero-order chi connectivity index (χ0) is 30.5. The smallest absolute Gasteiger partial charge is 0.0640 e. The molecule has 2 heterocycles. The number of rotatable bonds is 6. The molecule has 218 valence electrons. The number of anilines is 6. The number of hydrogen-bond donors (Lipinski definition) is 0. The maximum absolute atomic E-state index is 2.42. The minimum Gasteiger partial charge on any atom is -0.310 e. The third-order valence-electron chi connectivity index (χ3n) is 8.62. The van der Waals surface area contributed by atoms with Crippen molar-refractivity contribution in [1.29, 1.82) is 0 Å². The van der Waals surface area contributed by atoms with Crippen LogP contribution >= 0.6 is 22.7 Å². The number of para-hydroxylation sites is 3. The maximum Gasteiger partial charge on any atom is 0.0640 e. The average Bonchev–Trinajstić information content (AvgIpc) is 3.68. The van der Waals surface area contributed by atoms with Crippen molar-refractivity contribution in [3.05, 3.63) is 170 Å². The molecule has 0 bridgehead atoms. The van der Waals surface area contributed by atoms with Crippen LogP contribution in [0.5, 0.6) is 0 Å². The van der Waals surface area contributed by atoms with Gasteiger partial charge in [0.1, 0.15) is 0 Å². The summed E-state index contributed by atoms with van der Waals surface area (Å²) in [4.78, 5) is 4.76. The van der Waals surface area contributed by atoms with Gasteiger partial charge in [-0.05, 0) is 78.9 Å². The Bertz CT molecular complexity index is 2440. The molecule has 0 fully saturated rings. The normalized spacial score (nSPS) is 11.5. The molecular formula is C42H28N2S2. The van der Waals surface area contributed by atoms with E-state index in [4.69, 9.17) is 0 Å². The highest BCUT2D eigenvalue weighted by atomic mass is 32.1. The maximum atomic E-state index is 2.42. The second kappa shape index (κ2) is 11.2. The second-order valence-electron chi connectivity index (χ2n) is 11.4. The van der Waals surface area contributed by atoms with E-state index < -0.39 is 0 Å². The molecule has 0 aliphatic rings. The van der Waals surface area contributed by atoms with E-state index in [1.807, 2.05) is 22.7 Å². The third kappa shape index (κ3) is 4.54. The Hall–Kier alpha value is -5.42. The quantitative estimate of drug-likeness (QED) is 0.182. The lowest BCUT2D eigenvalue weighted by Crippen LogP contribution is -2.09. The van der Waals surface area contributed by atoms with E-state index in [1.54, 1.807) is 0 Å². The molecule has 0 aliphatic carbocycles. The molecule has 0 unspecified atom stereocenters. The molecule has 0 radical (unpaired) electrons. The van der Waals surface area contributed by atoms with E-state index in [1.165, 1.54) is 46.0 Å². The van der Waals surface area contributed by atoms with Gasteiger partial charge in [0.25, 0.3) is 0 Å². The van der Waals surface area contributed by atoms with Gasteiger partial charge in [0, 0.05) is 64.1 Å². The zero-order valence-corrected chi connectivity index (χ0v) is 26.5. The standard InChI is InChI=1S/C42H28N2S2/c1-4-13-29(14-5-1)43(30-15-6-2-7-16-30)33-23-25-35-36-20-12-21-38(42(36)46-41(35)28-33)44(31-17-8-3-9-18-31)32-24-26-40-37(27-32)34-19-10-11-22-39(34)45-40/h1-28H. The predicted octanol–water partition coefficient (Wildman–Crippen LogP) is 13.4. The molecule has 0 atom stereocenters. The summed E-state index contributed by atoms with van der Waals surface area (Å²) in [5.74, 6) is 0. The van der Waals surface area contributed by atoms with Crippen LogP contribution in [0.2, 0.25) is 0 Å². The first kappa shape index (κ1) is 26.9. The summed E-state index contributed by atoms with van der Waals surface area (Å²) in [7, 11) is 0. The highest BCUT2D eigenvalue weighted by molar-refractivity contribution is 7.26. The van der Waals surface area contributed by atoms with E-state index in [9.17, 15) is 0 Å². The summed E-state index contributed by atoms with van der Waals surface area (Å²) in [5.41, 5.74) is 6.92. The van der Waals surface area contributed by atoms with Crippen LogP contribution in [0, 0.1) is 0 Å². The minimum atomic E-state index is 1.14. The summed E-state index contributed by atoms with van der Waals surface area (Å²) in [6.45, 7) is 0. The number of thiophene rings is 2. The van der Waals surface area contributed by atoms with Crippen LogP contribution in [-0.4, -0.2) is 0 Å². The van der Waals surface area contributed by atoms with Crippen molar-refractivity contribution in [2.45, 2.75) is 0 Å². The third-order valence-corrected chi connectivity index (χ3v) is 11.0. The van der Waals surface area contributed by atoms with Crippen molar-refractivity contribution in [1.82, 2.24) is 0 Å². The highest BCUT2D eigenvalue weighted by Crippen LogP contribution is 2.47. The zero-order valence-electron chi connectivity index (χ0n) is 24.9. The Labute approximate surface area is 275 Å². The van der Waals surface area contributed by atoms with Crippen molar-refractivity contribution in [2.75, 3.05) is 9.80 Å². The van der Waals surface area contributed by atoms with Crippen LogP contribution in [-0.2, 0) is 0 Å². The van der Waals surface area contributed by atoms with Gasteiger partial charge >= 0.3 is 0 Å². The molecule has 2 aromatic heterocycles. The Balaban J connectivity index is 1.24. The van der Waals surface area contributed by atoms with Crippen molar-refractivity contribution in [2.24, 2.45) is 0 Å². The topological polar surface area (TPSA) is 6.48 Å². The van der Waals surface area contributed by atoms with Gasteiger partial charge in [0.15, 0.2) is 0 Å². The molecule has 4 heteroatoms. The summed E-state index contributed by atoms with van der Waals surface area (Å²) >= 11 is 3.73. The molecule has 2 nitrogen and oxygen atoms in total. The van der Waals surface area contributed by atoms with Crippen LogP contribution in [0.4, 0.5) is 34.1 Å². The fourth-order valence-corrected chi connectivity index (χ4v) is 8.87. The summed E-state index contributed by atoms with van der Waals surface area (Å²) in [6, 6.07) is 61.3. The first-order chi connectivity index (χ1) is 22.8. The van der Waals surface area contributed by atoms with Crippen molar-refractivity contribution in [3.63, 3.8) is 0 Å². The molecule has 0 aliphatic heterocycles. The Morgan fingerprint density at radius 1 is 0.304 bits per heavy atom. The lowest BCUT2D eigenvalue weighted by molar-refractivity contribution is 1.29. The van der Waals surface area contributed by atoms with E-state index in [2.05, 4.69) is 180 Å². The Morgan fingerprint density at radius 3 is 1.57 bits per heavy atom. The van der Waals surface area contributed by atoms with Crippen LogP contribution < -0.4 is 9.80 Å².